The molecule has 0 aliphatic carbocycles. The zero-order chi connectivity index (χ0) is 17.4. The highest BCUT2D eigenvalue weighted by Crippen LogP contribution is 2.18. The molecule has 0 aliphatic rings. The van der Waals surface area contributed by atoms with Gasteiger partial charge in [0.05, 0.1) is 11.4 Å². The number of fused-ring (bicyclic) bond motifs is 1. The van der Waals surface area contributed by atoms with Gasteiger partial charge in [0, 0.05) is 11.4 Å². The Morgan fingerprint density at radius 1 is 1.08 bits per heavy atom. The van der Waals surface area contributed by atoms with Crippen LogP contribution in [-0.4, -0.2) is 19.7 Å². The van der Waals surface area contributed by atoms with Crippen LogP contribution in [0.1, 0.15) is 17.0 Å². The second-order valence-electron chi connectivity index (χ2n) is 5.85. The summed E-state index contributed by atoms with van der Waals surface area (Å²) in [6.45, 7) is 1.89. The minimum Gasteiger partial charge on any atom is -0.304 e. The van der Waals surface area contributed by atoms with Crippen LogP contribution in [0.2, 0.25) is 5.02 Å². The molecule has 0 unspecified atom stereocenters. The van der Waals surface area contributed by atoms with Crippen molar-refractivity contribution in [3.05, 3.63) is 86.9 Å². The first kappa shape index (κ1) is 15.6. The highest BCUT2D eigenvalue weighted by atomic mass is 35.5. The second kappa shape index (κ2) is 6.18. The number of benzene rings is 2. The third-order valence-electron chi connectivity index (χ3n) is 4.06. The third kappa shape index (κ3) is 2.94. The summed E-state index contributed by atoms with van der Waals surface area (Å²) in [7, 11) is 0. The molecule has 0 bridgehead atoms. The Hall–Kier alpha value is -2.92. The van der Waals surface area contributed by atoms with Crippen LogP contribution in [0.25, 0.3) is 16.9 Å². The number of hydrogen-bond acceptors (Lipinski definition) is 3. The number of nitrogens with one attached hydrogen (secondary N) is 1. The van der Waals surface area contributed by atoms with E-state index in [0.717, 1.165) is 16.9 Å². The van der Waals surface area contributed by atoms with E-state index in [4.69, 9.17) is 11.6 Å². The van der Waals surface area contributed by atoms with Crippen molar-refractivity contribution < 1.29 is 0 Å². The molecule has 0 spiro atoms. The lowest BCUT2D eigenvalue weighted by Gasteiger charge is -2.04. The maximum absolute atomic E-state index is 12.5. The van der Waals surface area contributed by atoms with Gasteiger partial charge in [-0.3, -0.25) is 4.79 Å². The van der Waals surface area contributed by atoms with Crippen LogP contribution in [0, 0.1) is 6.92 Å². The molecule has 4 aromatic rings. The van der Waals surface area contributed by atoms with Gasteiger partial charge in [-0.05, 0) is 36.8 Å². The van der Waals surface area contributed by atoms with E-state index in [1.54, 1.807) is 4.68 Å². The van der Waals surface area contributed by atoms with Crippen molar-refractivity contribution in [2.24, 2.45) is 0 Å². The van der Waals surface area contributed by atoms with E-state index in [1.165, 1.54) is 0 Å². The summed E-state index contributed by atoms with van der Waals surface area (Å²) >= 11 is 5.91. The zero-order valence-corrected chi connectivity index (χ0v) is 14.3. The molecule has 1 N–H and O–H groups in total. The second-order valence-corrected chi connectivity index (χ2v) is 6.28. The Morgan fingerprint density at radius 3 is 2.52 bits per heavy atom. The molecule has 2 heterocycles. The summed E-state index contributed by atoms with van der Waals surface area (Å²) in [4.78, 5) is 20.0. The van der Waals surface area contributed by atoms with Gasteiger partial charge >= 0.3 is 0 Å². The number of para-hydroxylation sites is 1. The Labute approximate surface area is 148 Å². The van der Waals surface area contributed by atoms with Crippen molar-refractivity contribution in [2.75, 3.05) is 0 Å². The number of H-pyrrole nitrogens is 1. The summed E-state index contributed by atoms with van der Waals surface area (Å²) in [5.74, 6) is 0. The number of nitrogens with zero attached hydrogens (tertiary/aromatic N) is 3. The molecule has 0 aliphatic heterocycles. The fourth-order valence-corrected chi connectivity index (χ4v) is 2.93. The van der Waals surface area contributed by atoms with E-state index in [0.29, 0.717) is 28.3 Å². The number of aromatic amines is 1. The lowest BCUT2D eigenvalue weighted by atomic mass is 10.1. The fourth-order valence-electron chi connectivity index (χ4n) is 2.80. The average Bonchev–Trinajstić information content (AvgIpc) is 2.94. The van der Waals surface area contributed by atoms with Gasteiger partial charge in [0.1, 0.15) is 11.2 Å². The van der Waals surface area contributed by atoms with E-state index >= 15 is 0 Å². The largest absolute Gasteiger partial charge is 0.304 e. The molecular formula is C19H15ClN4O. The molecule has 0 amide bonds. The van der Waals surface area contributed by atoms with Crippen LogP contribution in [0.3, 0.4) is 0 Å². The van der Waals surface area contributed by atoms with E-state index in [2.05, 4.69) is 15.1 Å². The van der Waals surface area contributed by atoms with Crippen molar-refractivity contribution in [2.45, 2.75) is 13.3 Å². The third-order valence-corrected chi connectivity index (χ3v) is 4.31. The predicted octanol–water partition coefficient (Wildman–Crippen LogP) is 3.66. The number of rotatable bonds is 3. The topological polar surface area (TPSA) is 63.6 Å². The van der Waals surface area contributed by atoms with Gasteiger partial charge in [-0.25, -0.2) is 9.67 Å². The van der Waals surface area contributed by atoms with Crippen LogP contribution >= 0.6 is 11.6 Å². The monoisotopic (exact) mass is 350 g/mol. The molecule has 6 heteroatoms. The molecule has 5 nitrogen and oxygen atoms in total. The van der Waals surface area contributed by atoms with Gasteiger partial charge in [0.25, 0.3) is 5.56 Å². The average molecular weight is 351 g/mol. The van der Waals surface area contributed by atoms with E-state index in [9.17, 15) is 4.79 Å². The number of halogens is 1. The molecule has 0 fully saturated rings. The lowest BCUT2D eigenvalue weighted by molar-refractivity contribution is 0.874. The minimum atomic E-state index is -0.209. The number of aryl methyl sites for hydroxylation is 1. The molecule has 25 heavy (non-hydrogen) atoms. The van der Waals surface area contributed by atoms with E-state index < -0.39 is 0 Å². The molecule has 0 saturated heterocycles. The summed E-state index contributed by atoms with van der Waals surface area (Å²) in [6, 6.07) is 17.1. The van der Waals surface area contributed by atoms with Crippen LogP contribution in [-0.2, 0) is 6.42 Å². The lowest BCUT2D eigenvalue weighted by Crippen LogP contribution is -2.16. The molecular weight excluding hydrogens is 336 g/mol. The summed E-state index contributed by atoms with van der Waals surface area (Å²) in [6.07, 6.45) is 0.443. The molecule has 0 saturated carbocycles. The van der Waals surface area contributed by atoms with Gasteiger partial charge in [-0.1, -0.05) is 41.9 Å². The van der Waals surface area contributed by atoms with Crippen molar-refractivity contribution in [3.63, 3.8) is 0 Å². The Bertz CT molecular complexity index is 1100. The number of aromatic nitrogens is 4. The van der Waals surface area contributed by atoms with Crippen molar-refractivity contribution >= 4 is 22.8 Å². The molecule has 2 aromatic heterocycles. The molecule has 124 valence electrons. The molecule has 0 radical (unpaired) electrons. The first-order valence-corrected chi connectivity index (χ1v) is 8.28. The maximum Gasteiger partial charge on any atom is 0.271 e. The summed E-state index contributed by atoms with van der Waals surface area (Å²) in [5, 5.41) is 5.20. The smallest absolute Gasteiger partial charge is 0.271 e. The van der Waals surface area contributed by atoms with Gasteiger partial charge < -0.3 is 4.98 Å². The predicted molar refractivity (Wildman–Crippen MR) is 98.5 cm³/mol. The first-order valence-electron chi connectivity index (χ1n) is 7.90. The van der Waals surface area contributed by atoms with Crippen LogP contribution in [0.15, 0.2) is 59.4 Å². The minimum absolute atomic E-state index is 0.209. The molecule has 0 atom stereocenters. The van der Waals surface area contributed by atoms with Gasteiger partial charge in [0.15, 0.2) is 5.65 Å². The standard InChI is InChI=1S/C19H15ClN4O/c1-12-17-18(24(23-12)15-5-3-2-4-6-15)22-19(25)16(21-17)11-13-7-9-14(20)10-8-13/h2-10H,11H2,1H3,(H,22,25). The summed E-state index contributed by atoms with van der Waals surface area (Å²) < 4.78 is 1.71. The van der Waals surface area contributed by atoms with Crippen LogP contribution < -0.4 is 5.56 Å². The van der Waals surface area contributed by atoms with Gasteiger partial charge in [-0.15, -0.1) is 0 Å². The van der Waals surface area contributed by atoms with Crippen molar-refractivity contribution in [1.82, 2.24) is 19.7 Å². The van der Waals surface area contributed by atoms with E-state index in [-0.39, 0.29) is 5.56 Å². The van der Waals surface area contributed by atoms with Gasteiger partial charge in [-0.2, -0.15) is 5.10 Å². The highest BCUT2D eigenvalue weighted by Gasteiger charge is 2.14. The molecule has 4 rings (SSSR count). The quantitative estimate of drug-likeness (QED) is 0.613. The Balaban J connectivity index is 1.81. The summed E-state index contributed by atoms with van der Waals surface area (Å²) in [5.41, 5.74) is 4.19. The van der Waals surface area contributed by atoms with Crippen LogP contribution in [0.5, 0.6) is 0 Å². The zero-order valence-electron chi connectivity index (χ0n) is 13.5. The van der Waals surface area contributed by atoms with Crippen molar-refractivity contribution in [1.29, 1.82) is 0 Å². The maximum atomic E-state index is 12.5. The fraction of sp³-hybridized carbons (Fsp3) is 0.105. The number of hydrogen-bond donors (Lipinski definition) is 1. The van der Waals surface area contributed by atoms with Crippen LogP contribution in [0.4, 0.5) is 0 Å². The molecule has 2 aromatic carbocycles. The van der Waals surface area contributed by atoms with Crippen molar-refractivity contribution in [3.8, 4) is 5.69 Å². The Morgan fingerprint density at radius 2 is 1.80 bits per heavy atom. The Kier molecular flexibility index (Phi) is 3.86. The SMILES string of the molecule is Cc1nn(-c2ccccc2)c2[nH]c(=O)c(Cc3ccc(Cl)cc3)nc12. The highest BCUT2D eigenvalue weighted by molar-refractivity contribution is 6.30. The van der Waals surface area contributed by atoms with E-state index in [1.807, 2.05) is 61.5 Å². The normalized spacial score (nSPS) is 11.1. The first-order chi connectivity index (χ1) is 12.1. The van der Waals surface area contributed by atoms with Gasteiger partial charge in [0.2, 0.25) is 0 Å².